The van der Waals surface area contributed by atoms with E-state index in [4.69, 9.17) is 14.9 Å². The zero-order chi connectivity index (χ0) is 22.8. The lowest BCUT2D eigenvalue weighted by Crippen LogP contribution is -2.39. The molecular weight excluding hydrogens is 396 g/mol. The lowest BCUT2D eigenvalue weighted by Gasteiger charge is -2.23. The highest BCUT2D eigenvalue weighted by atomic mass is 16.5. The molecule has 0 bridgehead atoms. The van der Waals surface area contributed by atoms with E-state index in [0.717, 1.165) is 12.8 Å². The van der Waals surface area contributed by atoms with Crippen LogP contribution in [0.2, 0.25) is 0 Å². The highest BCUT2D eigenvalue weighted by Gasteiger charge is 2.13. The number of aliphatic carboxylic acids is 2. The van der Waals surface area contributed by atoms with Gasteiger partial charge >= 0.3 is 17.9 Å². The summed E-state index contributed by atoms with van der Waals surface area (Å²) in [7, 11) is 0. The Labute approximate surface area is 176 Å². The van der Waals surface area contributed by atoms with Gasteiger partial charge in [0.05, 0.1) is 25.9 Å². The van der Waals surface area contributed by atoms with Crippen molar-refractivity contribution >= 4 is 29.7 Å². The molecule has 0 aromatic carbocycles. The number of ether oxygens (including phenoxy) is 1. The second kappa shape index (κ2) is 17.2. The smallest absolute Gasteiger partial charge is 0.306 e. The van der Waals surface area contributed by atoms with Gasteiger partial charge in [0.25, 0.3) is 0 Å². The fourth-order valence-corrected chi connectivity index (χ4v) is 2.53. The molecule has 10 heteroatoms. The standard InChI is InChI=1S/C20H34N2O8/c1-2-3-13-22(14-12-21-16(23)8-9-18(25)26)17(24)7-5-4-6-15-30-20(29)11-10-19(27)28/h2-15H2,1H3,(H,21,23)(H,25,26)(H,27,28). The number of nitrogens with one attached hydrogen (secondary N) is 1. The number of nitrogens with zero attached hydrogens (tertiary/aromatic N) is 1. The topological polar surface area (TPSA) is 150 Å². The Hall–Kier alpha value is -2.65. The maximum Gasteiger partial charge on any atom is 0.306 e. The van der Waals surface area contributed by atoms with Gasteiger partial charge in [-0.2, -0.15) is 0 Å². The predicted octanol–water partition coefficient (Wildman–Crippen LogP) is 1.56. The summed E-state index contributed by atoms with van der Waals surface area (Å²) in [5, 5.41) is 19.7. The first kappa shape index (κ1) is 27.4. The van der Waals surface area contributed by atoms with Gasteiger partial charge in [-0.15, -0.1) is 0 Å². The molecule has 0 aromatic heterocycles. The number of hydrogen-bond acceptors (Lipinski definition) is 6. The van der Waals surface area contributed by atoms with Crippen molar-refractivity contribution in [2.45, 2.75) is 71.1 Å². The fourth-order valence-electron chi connectivity index (χ4n) is 2.53. The lowest BCUT2D eigenvalue weighted by molar-refractivity contribution is -0.147. The number of carboxylic acid groups (broad SMARTS) is 2. The van der Waals surface area contributed by atoms with Gasteiger partial charge in [-0.3, -0.25) is 24.0 Å². The Kier molecular flexibility index (Phi) is 15.7. The van der Waals surface area contributed by atoms with Crippen LogP contribution in [0.3, 0.4) is 0 Å². The Morgan fingerprint density at radius 3 is 2.10 bits per heavy atom. The minimum atomic E-state index is -1.04. The number of carbonyl (C=O) groups is 5. The minimum absolute atomic E-state index is 0.0123. The molecule has 0 radical (unpaired) electrons. The molecule has 0 aliphatic heterocycles. The molecule has 0 rings (SSSR count). The van der Waals surface area contributed by atoms with Crippen molar-refractivity contribution in [1.82, 2.24) is 10.2 Å². The van der Waals surface area contributed by atoms with Crippen LogP contribution in [0, 0.1) is 0 Å². The van der Waals surface area contributed by atoms with E-state index >= 15 is 0 Å². The van der Waals surface area contributed by atoms with Crippen LogP contribution in [0.5, 0.6) is 0 Å². The van der Waals surface area contributed by atoms with Gasteiger partial charge in [0.2, 0.25) is 11.8 Å². The maximum absolute atomic E-state index is 12.4. The van der Waals surface area contributed by atoms with Gasteiger partial charge in [0.1, 0.15) is 0 Å². The number of esters is 1. The van der Waals surface area contributed by atoms with Gasteiger partial charge in [-0.1, -0.05) is 13.3 Å². The average molecular weight is 430 g/mol. The predicted molar refractivity (Wildman–Crippen MR) is 108 cm³/mol. The second-order valence-corrected chi connectivity index (χ2v) is 6.90. The van der Waals surface area contributed by atoms with E-state index in [0.29, 0.717) is 38.8 Å². The van der Waals surface area contributed by atoms with Crippen LogP contribution >= 0.6 is 0 Å². The third kappa shape index (κ3) is 16.3. The summed E-state index contributed by atoms with van der Waals surface area (Å²) < 4.78 is 4.94. The van der Waals surface area contributed by atoms with Crippen molar-refractivity contribution < 1.29 is 38.9 Å². The van der Waals surface area contributed by atoms with Gasteiger partial charge < -0.3 is 25.2 Å². The van der Waals surface area contributed by atoms with E-state index in [-0.39, 0.29) is 50.6 Å². The van der Waals surface area contributed by atoms with Gasteiger partial charge in [0.15, 0.2) is 0 Å². The molecular formula is C20H34N2O8. The molecule has 172 valence electrons. The number of carbonyl (C=O) groups excluding carboxylic acids is 3. The molecule has 0 aliphatic carbocycles. The molecule has 0 saturated carbocycles. The number of carboxylic acids is 2. The third-order valence-electron chi connectivity index (χ3n) is 4.25. The first-order valence-electron chi connectivity index (χ1n) is 10.4. The van der Waals surface area contributed by atoms with Crippen molar-refractivity contribution in [2.24, 2.45) is 0 Å². The highest BCUT2D eigenvalue weighted by molar-refractivity contribution is 5.80. The molecule has 30 heavy (non-hydrogen) atoms. The molecule has 0 aromatic rings. The summed E-state index contributed by atoms with van der Waals surface area (Å²) in [6.07, 6.45) is 3.37. The summed E-state index contributed by atoms with van der Waals surface area (Å²) in [5.41, 5.74) is 0. The molecule has 0 atom stereocenters. The van der Waals surface area contributed by atoms with E-state index in [9.17, 15) is 24.0 Å². The van der Waals surface area contributed by atoms with Crippen molar-refractivity contribution in [3.05, 3.63) is 0 Å². The fraction of sp³-hybridized carbons (Fsp3) is 0.750. The molecule has 3 N–H and O–H groups in total. The molecule has 0 fully saturated rings. The summed E-state index contributed by atoms with van der Waals surface area (Å²) in [4.78, 5) is 57.8. The quantitative estimate of drug-likeness (QED) is 0.219. The van der Waals surface area contributed by atoms with Crippen LogP contribution in [-0.4, -0.2) is 71.1 Å². The van der Waals surface area contributed by atoms with Crippen LogP contribution in [0.25, 0.3) is 0 Å². The Morgan fingerprint density at radius 2 is 1.47 bits per heavy atom. The van der Waals surface area contributed by atoms with E-state index in [1.165, 1.54) is 0 Å². The summed E-state index contributed by atoms with van der Waals surface area (Å²) >= 11 is 0. The molecule has 0 saturated heterocycles. The van der Waals surface area contributed by atoms with Gasteiger partial charge in [0, 0.05) is 32.5 Å². The summed E-state index contributed by atoms with van der Waals surface area (Å²) in [6.45, 7) is 3.48. The van der Waals surface area contributed by atoms with Crippen molar-refractivity contribution in [3.8, 4) is 0 Å². The maximum atomic E-state index is 12.4. The van der Waals surface area contributed by atoms with Crippen LogP contribution < -0.4 is 5.32 Å². The molecule has 2 amide bonds. The van der Waals surface area contributed by atoms with E-state index in [2.05, 4.69) is 5.32 Å². The minimum Gasteiger partial charge on any atom is -0.481 e. The molecule has 10 nitrogen and oxygen atoms in total. The van der Waals surface area contributed by atoms with Crippen LogP contribution in [0.4, 0.5) is 0 Å². The van der Waals surface area contributed by atoms with Crippen LogP contribution in [0.1, 0.15) is 71.1 Å². The molecule has 0 spiro atoms. The van der Waals surface area contributed by atoms with E-state index < -0.39 is 17.9 Å². The summed E-state index contributed by atoms with van der Waals surface area (Å²) in [5.74, 6) is -2.97. The average Bonchev–Trinajstić information content (AvgIpc) is 2.69. The van der Waals surface area contributed by atoms with Crippen LogP contribution in [-0.2, 0) is 28.7 Å². The Morgan fingerprint density at radius 1 is 0.800 bits per heavy atom. The number of unbranched alkanes of at least 4 members (excludes halogenated alkanes) is 3. The monoisotopic (exact) mass is 430 g/mol. The van der Waals surface area contributed by atoms with Gasteiger partial charge in [-0.25, -0.2) is 0 Å². The normalized spacial score (nSPS) is 10.3. The second-order valence-electron chi connectivity index (χ2n) is 6.90. The van der Waals surface area contributed by atoms with Crippen LogP contribution in [0.15, 0.2) is 0 Å². The third-order valence-corrected chi connectivity index (χ3v) is 4.25. The molecule has 0 unspecified atom stereocenters. The number of amides is 2. The lowest BCUT2D eigenvalue weighted by atomic mass is 10.1. The van der Waals surface area contributed by atoms with Crippen molar-refractivity contribution in [3.63, 3.8) is 0 Å². The Balaban J connectivity index is 4.05. The first-order valence-corrected chi connectivity index (χ1v) is 10.4. The number of rotatable bonds is 18. The molecule has 0 heterocycles. The SMILES string of the molecule is CCCCN(CCNC(=O)CCC(=O)O)C(=O)CCCCCOC(=O)CCC(=O)O. The van der Waals surface area contributed by atoms with E-state index in [1.807, 2.05) is 6.92 Å². The Bertz CT molecular complexity index is 565. The van der Waals surface area contributed by atoms with E-state index in [1.54, 1.807) is 4.90 Å². The first-order chi connectivity index (χ1) is 14.3. The zero-order valence-corrected chi connectivity index (χ0v) is 17.7. The number of hydrogen-bond donors (Lipinski definition) is 3. The zero-order valence-electron chi connectivity index (χ0n) is 17.7. The largest absolute Gasteiger partial charge is 0.481 e. The molecule has 0 aliphatic rings. The highest BCUT2D eigenvalue weighted by Crippen LogP contribution is 2.06. The summed E-state index contributed by atoms with van der Waals surface area (Å²) in [6, 6.07) is 0. The van der Waals surface area contributed by atoms with Crippen molar-refractivity contribution in [2.75, 3.05) is 26.2 Å². The van der Waals surface area contributed by atoms with Gasteiger partial charge in [-0.05, 0) is 25.7 Å². The van der Waals surface area contributed by atoms with Crippen molar-refractivity contribution in [1.29, 1.82) is 0 Å².